The Morgan fingerprint density at radius 1 is 0.750 bits per heavy atom. The van der Waals surface area contributed by atoms with Gasteiger partial charge in [0.2, 0.25) is 0 Å². The lowest BCUT2D eigenvalue weighted by Crippen LogP contribution is -1.96. The Balaban J connectivity index is 3.02. The van der Waals surface area contributed by atoms with Crippen LogP contribution in [0.3, 0.4) is 0 Å². The molecule has 16 heavy (non-hydrogen) atoms. The lowest BCUT2D eigenvalue weighted by atomic mass is 9.97. The van der Waals surface area contributed by atoms with E-state index in [0.29, 0.717) is 6.61 Å². The first-order chi connectivity index (χ1) is 7.81. The number of hydrogen-bond acceptors (Lipinski definition) is 1. The summed E-state index contributed by atoms with van der Waals surface area (Å²) < 4.78 is 0. The second-order valence-electron chi connectivity index (χ2n) is 5.23. The SMILES string of the molecule is CCCCCCCCCC[C@H](C)CCCO. The molecule has 0 unspecified atom stereocenters. The van der Waals surface area contributed by atoms with Gasteiger partial charge in [0.05, 0.1) is 0 Å². The van der Waals surface area contributed by atoms with Crippen LogP contribution in [0.5, 0.6) is 0 Å². The van der Waals surface area contributed by atoms with Crippen molar-refractivity contribution in [2.45, 2.75) is 84.5 Å². The average Bonchev–Trinajstić information content (AvgIpc) is 2.30. The first-order valence-electron chi connectivity index (χ1n) is 7.42. The molecule has 1 N–H and O–H groups in total. The van der Waals surface area contributed by atoms with Gasteiger partial charge in [0.25, 0.3) is 0 Å². The van der Waals surface area contributed by atoms with Gasteiger partial charge >= 0.3 is 0 Å². The zero-order valence-corrected chi connectivity index (χ0v) is 11.5. The number of rotatable bonds is 12. The molecule has 0 aromatic carbocycles. The minimum absolute atomic E-state index is 0.363. The van der Waals surface area contributed by atoms with Crippen LogP contribution in [0.15, 0.2) is 0 Å². The normalized spacial score (nSPS) is 12.9. The van der Waals surface area contributed by atoms with Crippen molar-refractivity contribution in [1.29, 1.82) is 0 Å². The highest BCUT2D eigenvalue weighted by Gasteiger charge is 2.01. The second-order valence-corrected chi connectivity index (χ2v) is 5.23. The van der Waals surface area contributed by atoms with E-state index in [1.165, 1.54) is 64.2 Å². The molecule has 0 aromatic rings. The highest BCUT2D eigenvalue weighted by molar-refractivity contribution is 4.54. The second kappa shape index (κ2) is 13.0. The quantitative estimate of drug-likeness (QED) is 0.470. The molecule has 0 fully saturated rings. The van der Waals surface area contributed by atoms with Crippen LogP contribution in [0.2, 0.25) is 0 Å². The summed E-state index contributed by atoms with van der Waals surface area (Å²) in [4.78, 5) is 0. The van der Waals surface area contributed by atoms with Crippen molar-refractivity contribution < 1.29 is 5.11 Å². The summed E-state index contributed by atoms with van der Waals surface area (Å²) in [6.07, 6.45) is 14.8. The summed E-state index contributed by atoms with van der Waals surface area (Å²) in [7, 11) is 0. The number of unbranched alkanes of at least 4 members (excludes halogenated alkanes) is 7. The molecule has 1 atom stereocenters. The number of aliphatic hydroxyl groups excluding tert-OH is 1. The summed E-state index contributed by atoms with van der Waals surface area (Å²) in [5.41, 5.74) is 0. The van der Waals surface area contributed by atoms with E-state index in [1.807, 2.05) is 0 Å². The van der Waals surface area contributed by atoms with E-state index < -0.39 is 0 Å². The van der Waals surface area contributed by atoms with Crippen molar-refractivity contribution in [3.05, 3.63) is 0 Å². The van der Waals surface area contributed by atoms with Crippen LogP contribution in [0.25, 0.3) is 0 Å². The minimum atomic E-state index is 0.363. The molecule has 1 heteroatoms. The van der Waals surface area contributed by atoms with Gasteiger partial charge in [0, 0.05) is 6.61 Å². The average molecular weight is 228 g/mol. The largest absolute Gasteiger partial charge is 0.396 e. The van der Waals surface area contributed by atoms with E-state index in [1.54, 1.807) is 0 Å². The van der Waals surface area contributed by atoms with Gasteiger partial charge in [-0.3, -0.25) is 0 Å². The minimum Gasteiger partial charge on any atom is -0.396 e. The molecule has 0 heterocycles. The number of aliphatic hydroxyl groups is 1. The van der Waals surface area contributed by atoms with Gasteiger partial charge in [-0.15, -0.1) is 0 Å². The Labute approximate surface area is 103 Å². The first-order valence-corrected chi connectivity index (χ1v) is 7.42. The van der Waals surface area contributed by atoms with Crippen molar-refractivity contribution in [2.75, 3.05) is 6.61 Å². The molecule has 0 aliphatic heterocycles. The molecule has 98 valence electrons. The van der Waals surface area contributed by atoms with E-state index >= 15 is 0 Å². The Bertz CT molecular complexity index is 123. The standard InChI is InChI=1S/C15H32O/c1-3-4-5-6-7-8-9-10-12-15(2)13-11-14-16/h15-16H,3-14H2,1-2H3/t15-/m0/s1. The highest BCUT2D eigenvalue weighted by atomic mass is 16.2. The molecule has 0 spiro atoms. The van der Waals surface area contributed by atoms with Crippen LogP contribution >= 0.6 is 0 Å². The predicted octanol–water partition coefficient (Wildman–Crippen LogP) is 4.93. The summed E-state index contributed by atoms with van der Waals surface area (Å²) in [6.45, 7) is 4.95. The van der Waals surface area contributed by atoms with Crippen molar-refractivity contribution >= 4 is 0 Å². The van der Waals surface area contributed by atoms with Gasteiger partial charge in [-0.1, -0.05) is 71.6 Å². The molecule has 0 rings (SSSR count). The van der Waals surface area contributed by atoms with Gasteiger partial charge in [-0.2, -0.15) is 0 Å². The summed E-state index contributed by atoms with van der Waals surface area (Å²) >= 11 is 0. The van der Waals surface area contributed by atoms with Crippen LogP contribution in [0.1, 0.15) is 84.5 Å². The van der Waals surface area contributed by atoms with Gasteiger partial charge in [-0.25, -0.2) is 0 Å². The van der Waals surface area contributed by atoms with Crippen molar-refractivity contribution in [3.63, 3.8) is 0 Å². The molecule has 0 bridgehead atoms. The molecule has 0 aliphatic rings. The predicted molar refractivity (Wildman–Crippen MR) is 72.7 cm³/mol. The fourth-order valence-corrected chi connectivity index (χ4v) is 2.21. The van der Waals surface area contributed by atoms with Crippen LogP contribution in [0, 0.1) is 5.92 Å². The Morgan fingerprint density at radius 3 is 1.81 bits per heavy atom. The maximum atomic E-state index is 8.73. The van der Waals surface area contributed by atoms with Gasteiger partial charge in [-0.05, 0) is 18.8 Å². The molecule has 0 radical (unpaired) electrons. The van der Waals surface area contributed by atoms with Crippen molar-refractivity contribution in [1.82, 2.24) is 0 Å². The lowest BCUT2D eigenvalue weighted by Gasteiger charge is -2.09. The fourth-order valence-electron chi connectivity index (χ4n) is 2.21. The Morgan fingerprint density at radius 2 is 1.25 bits per heavy atom. The topological polar surface area (TPSA) is 20.2 Å². The van der Waals surface area contributed by atoms with Crippen LogP contribution in [0.4, 0.5) is 0 Å². The van der Waals surface area contributed by atoms with Crippen LogP contribution < -0.4 is 0 Å². The molecule has 0 saturated heterocycles. The third-order valence-corrected chi connectivity index (χ3v) is 3.41. The molecule has 0 aromatic heterocycles. The molecule has 1 nitrogen and oxygen atoms in total. The van der Waals surface area contributed by atoms with Gasteiger partial charge in [0.15, 0.2) is 0 Å². The molecule has 0 aliphatic carbocycles. The zero-order valence-electron chi connectivity index (χ0n) is 11.5. The molecule has 0 amide bonds. The summed E-state index contributed by atoms with van der Waals surface area (Å²) in [6, 6.07) is 0. The summed E-state index contributed by atoms with van der Waals surface area (Å²) in [5.74, 6) is 0.812. The summed E-state index contributed by atoms with van der Waals surface area (Å²) in [5, 5.41) is 8.73. The fraction of sp³-hybridized carbons (Fsp3) is 1.00. The van der Waals surface area contributed by atoms with Gasteiger partial charge in [0.1, 0.15) is 0 Å². The van der Waals surface area contributed by atoms with Crippen molar-refractivity contribution in [3.8, 4) is 0 Å². The smallest absolute Gasteiger partial charge is 0.0431 e. The van der Waals surface area contributed by atoms with Crippen molar-refractivity contribution in [2.24, 2.45) is 5.92 Å². The Kier molecular flexibility index (Phi) is 13.0. The molecule has 0 saturated carbocycles. The van der Waals surface area contributed by atoms with Gasteiger partial charge < -0.3 is 5.11 Å². The lowest BCUT2D eigenvalue weighted by molar-refractivity contribution is 0.270. The number of hydrogen-bond donors (Lipinski definition) is 1. The van der Waals surface area contributed by atoms with E-state index in [0.717, 1.165) is 12.3 Å². The van der Waals surface area contributed by atoms with E-state index in [2.05, 4.69) is 13.8 Å². The zero-order chi connectivity index (χ0) is 12.1. The third-order valence-electron chi connectivity index (χ3n) is 3.41. The van der Waals surface area contributed by atoms with E-state index in [4.69, 9.17) is 5.11 Å². The first kappa shape index (κ1) is 16.0. The maximum absolute atomic E-state index is 8.73. The van der Waals surface area contributed by atoms with E-state index in [-0.39, 0.29) is 0 Å². The molecular weight excluding hydrogens is 196 g/mol. The monoisotopic (exact) mass is 228 g/mol. The molecular formula is C15H32O. The van der Waals surface area contributed by atoms with Crippen LogP contribution in [-0.4, -0.2) is 11.7 Å². The Hall–Kier alpha value is -0.0400. The van der Waals surface area contributed by atoms with Crippen LogP contribution in [-0.2, 0) is 0 Å². The van der Waals surface area contributed by atoms with E-state index in [9.17, 15) is 0 Å². The maximum Gasteiger partial charge on any atom is 0.0431 e. The third kappa shape index (κ3) is 12.0. The highest BCUT2D eigenvalue weighted by Crippen LogP contribution is 2.16.